The molecule has 0 saturated carbocycles. The summed E-state index contributed by atoms with van der Waals surface area (Å²) >= 11 is 1.64. The van der Waals surface area contributed by atoms with E-state index in [0.717, 1.165) is 18.0 Å². The largest absolute Gasteiger partial charge is 0.497 e. The monoisotopic (exact) mass is 382 g/mol. The number of nitrogens with zero attached hydrogens (tertiary/aromatic N) is 1. The first-order chi connectivity index (χ1) is 12.1. The van der Waals surface area contributed by atoms with Crippen LogP contribution in [0.25, 0.3) is 0 Å². The van der Waals surface area contributed by atoms with E-state index in [-0.39, 0.29) is 10.9 Å². The van der Waals surface area contributed by atoms with Crippen LogP contribution < -0.4 is 9.46 Å². The molecule has 1 saturated heterocycles. The van der Waals surface area contributed by atoms with E-state index >= 15 is 0 Å². The third-order valence-corrected chi connectivity index (χ3v) is 6.61. The van der Waals surface area contributed by atoms with E-state index in [4.69, 9.17) is 9.47 Å². The van der Waals surface area contributed by atoms with Crippen LogP contribution >= 0.6 is 11.3 Å². The van der Waals surface area contributed by atoms with Crippen molar-refractivity contribution in [3.05, 3.63) is 46.7 Å². The fourth-order valence-corrected chi connectivity index (χ4v) is 4.71. The third kappa shape index (κ3) is 4.59. The summed E-state index contributed by atoms with van der Waals surface area (Å²) in [6.45, 7) is 3.27. The molecule has 0 radical (unpaired) electrons. The van der Waals surface area contributed by atoms with Crippen molar-refractivity contribution in [2.45, 2.75) is 10.9 Å². The molecule has 1 unspecified atom stereocenters. The molecule has 2 heterocycles. The third-order valence-electron chi connectivity index (χ3n) is 4.19. The summed E-state index contributed by atoms with van der Waals surface area (Å²) < 4.78 is 38.4. The summed E-state index contributed by atoms with van der Waals surface area (Å²) in [4.78, 5) is 3.66. The van der Waals surface area contributed by atoms with Gasteiger partial charge < -0.3 is 9.47 Å². The molecule has 1 N–H and O–H groups in total. The minimum absolute atomic E-state index is 0.0110. The van der Waals surface area contributed by atoms with Gasteiger partial charge in [-0.3, -0.25) is 4.90 Å². The molecule has 136 valence electrons. The molecule has 0 spiro atoms. The number of benzene rings is 1. The van der Waals surface area contributed by atoms with Crippen LogP contribution in [0, 0.1) is 0 Å². The second-order valence-electron chi connectivity index (χ2n) is 5.71. The van der Waals surface area contributed by atoms with E-state index < -0.39 is 10.0 Å². The average molecular weight is 383 g/mol. The van der Waals surface area contributed by atoms with Gasteiger partial charge in [-0.1, -0.05) is 6.07 Å². The molecular weight excluding hydrogens is 360 g/mol. The molecule has 0 aliphatic carbocycles. The Labute approximate surface area is 152 Å². The SMILES string of the molecule is COc1ccc(S(=O)(=O)NCC(c2cccs2)N2CCOCC2)cc1. The van der Waals surface area contributed by atoms with Gasteiger partial charge in [-0.25, -0.2) is 13.1 Å². The van der Waals surface area contributed by atoms with Gasteiger partial charge in [-0.15, -0.1) is 11.3 Å². The minimum Gasteiger partial charge on any atom is -0.497 e. The number of hydrogen-bond donors (Lipinski definition) is 1. The zero-order chi connectivity index (χ0) is 17.7. The van der Waals surface area contributed by atoms with Crippen molar-refractivity contribution < 1.29 is 17.9 Å². The molecule has 25 heavy (non-hydrogen) atoms. The Hall–Kier alpha value is -1.45. The van der Waals surface area contributed by atoms with Gasteiger partial charge in [0.05, 0.1) is 31.3 Å². The van der Waals surface area contributed by atoms with Crippen molar-refractivity contribution in [3.63, 3.8) is 0 Å². The van der Waals surface area contributed by atoms with Gasteiger partial charge in [0, 0.05) is 24.5 Å². The maximum atomic E-state index is 12.6. The second kappa shape index (κ2) is 8.29. The summed E-state index contributed by atoms with van der Waals surface area (Å²) in [5.41, 5.74) is 0. The summed E-state index contributed by atoms with van der Waals surface area (Å²) in [6.07, 6.45) is 0. The zero-order valence-electron chi connectivity index (χ0n) is 14.1. The fraction of sp³-hybridized carbons (Fsp3) is 0.412. The molecule has 0 bridgehead atoms. The fourth-order valence-electron chi connectivity index (χ4n) is 2.81. The molecule has 1 aliphatic rings. The first-order valence-electron chi connectivity index (χ1n) is 8.09. The molecule has 1 aromatic heterocycles. The molecular formula is C17H22N2O4S2. The van der Waals surface area contributed by atoms with E-state index in [9.17, 15) is 8.42 Å². The Bertz CT molecular complexity index is 754. The lowest BCUT2D eigenvalue weighted by molar-refractivity contribution is 0.0179. The van der Waals surface area contributed by atoms with Crippen LogP contribution in [-0.4, -0.2) is 53.3 Å². The van der Waals surface area contributed by atoms with Gasteiger partial charge in [-0.05, 0) is 35.7 Å². The zero-order valence-corrected chi connectivity index (χ0v) is 15.7. The molecule has 1 atom stereocenters. The Kier molecular flexibility index (Phi) is 6.08. The molecule has 1 aromatic carbocycles. The van der Waals surface area contributed by atoms with Crippen molar-refractivity contribution >= 4 is 21.4 Å². The quantitative estimate of drug-likeness (QED) is 0.794. The lowest BCUT2D eigenvalue weighted by Crippen LogP contribution is -2.43. The minimum atomic E-state index is -3.57. The number of nitrogens with one attached hydrogen (secondary N) is 1. The highest BCUT2D eigenvalue weighted by Gasteiger charge is 2.25. The van der Waals surface area contributed by atoms with Crippen LogP contribution in [0.3, 0.4) is 0 Å². The van der Waals surface area contributed by atoms with Gasteiger partial charge in [0.25, 0.3) is 0 Å². The number of hydrogen-bond acceptors (Lipinski definition) is 6. The predicted molar refractivity (Wildman–Crippen MR) is 97.6 cm³/mol. The van der Waals surface area contributed by atoms with E-state index in [1.807, 2.05) is 17.5 Å². The second-order valence-corrected chi connectivity index (χ2v) is 8.45. The summed E-state index contributed by atoms with van der Waals surface area (Å²) in [6, 6.07) is 10.4. The molecule has 3 rings (SSSR count). The van der Waals surface area contributed by atoms with E-state index in [1.54, 1.807) is 42.7 Å². The van der Waals surface area contributed by atoms with Crippen LogP contribution in [0.4, 0.5) is 0 Å². The van der Waals surface area contributed by atoms with Crippen LogP contribution in [0.1, 0.15) is 10.9 Å². The van der Waals surface area contributed by atoms with Gasteiger partial charge >= 0.3 is 0 Å². The number of methoxy groups -OCH3 is 1. The molecule has 0 amide bonds. The Balaban J connectivity index is 1.73. The standard InChI is InChI=1S/C17H22N2O4S2/c1-22-14-4-6-15(7-5-14)25(20,21)18-13-16(17-3-2-12-24-17)19-8-10-23-11-9-19/h2-7,12,16,18H,8-11,13H2,1H3. The van der Waals surface area contributed by atoms with Crippen molar-refractivity contribution in [1.82, 2.24) is 9.62 Å². The van der Waals surface area contributed by atoms with Crippen LogP contribution in [0.2, 0.25) is 0 Å². The number of sulfonamides is 1. The lowest BCUT2D eigenvalue weighted by Gasteiger charge is -2.34. The van der Waals surface area contributed by atoms with Crippen molar-refractivity contribution in [3.8, 4) is 5.75 Å². The van der Waals surface area contributed by atoms with Crippen molar-refractivity contribution in [2.24, 2.45) is 0 Å². The van der Waals surface area contributed by atoms with Gasteiger partial charge in [0.2, 0.25) is 10.0 Å². The van der Waals surface area contributed by atoms with E-state index in [1.165, 1.54) is 0 Å². The predicted octanol–water partition coefficient (Wildman–Crippen LogP) is 2.11. The molecule has 2 aromatic rings. The Morgan fingerprint density at radius 3 is 2.56 bits per heavy atom. The maximum Gasteiger partial charge on any atom is 0.240 e. The number of rotatable bonds is 7. The normalized spacial score (nSPS) is 17.3. The van der Waals surface area contributed by atoms with Gasteiger partial charge in [0.1, 0.15) is 5.75 Å². The van der Waals surface area contributed by atoms with Gasteiger partial charge in [0.15, 0.2) is 0 Å². The summed E-state index contributed by atoms with van der Waals surface area (Å²) in [5, 5.41) is 2.01. The Morgan fingerprint density at radius 1 is 1.24 bits per heavy atom. The van der Waals surface area contributed by atoms with Crippen LogP contribution in [0.15, 0.2) is 46.7 Å². The molecule has 1 fully saturated rings. The highest BCUT2D eigenvalue weighted by Crippen LogP contribution is 2.26. The van der Waals surface area contributed by atoms with Crippen LogP contribution in [0.5, 0.6) is 5.75 Å². The molecule has 1 aliphatic heterocycles. The summed E-state index contributed by atoms with van der Waals surface area (Å²) in [5.74, 6) is 0.628. The number of morpholine rings is 1. The topological polar surface area (TPSA) is 67.9 Å². The highest BCUT2D eigenvalue weighted by atomic mass is 32.2. The first kappa shape index (κ1) is 18.3. The van der Waals surface area contributed by atoms with Crippen molar-refractivity contribution in [1.29, 1.82) is 0 Å². The summed E-state index contributed by atoms with van der Waals surface area (Å²) in [7, 11) is -2.02. The number of thiophene rings is 1. The maximum absolute atomic E-state index is 12.6. The highest BCUT2D eigenvalue weighted by molar-refractivity contribution is 7.89. The van der Waals surface area contributed by atoms with Crippen LogP contribution in [-0.2, 0) is 14.8 Å². The first-order valence-corrected chi connectivity index (χ1v) is 10.5. The van der Waals surface area contributed by atoms with Gasteiger partial charge in [-0.2, -0.15) is 0 Å². The van der Waals surface area contributed by atoms with E-state index in [0.29, 0.717) is 25.5 Å². The average Bonchev–Trinajstić information content (AvgIpc) is 3.17. The lowest BCUT2D eigenvalue weighted by atomic mass is 10.2. The van der Waals surface area contributed by atoms with Crippen molar-refractivity contribution in [2.75, 3.05) is 40.0 Å². The molecule has 6 nitrogen and oxygen atoms in total. The number of ether oxygens (including phenoxy) is 2. The molecule has 8 heteroatoms. The smallest absolute Gasteiger partial charge is 0.240 e. The Morgan fingerprint density at radius 2 is 1.96 bits per heavy atom. The van der Waals surface area contributed by atoms with E-state index in [2.05, 4.69) is 9.62 Å².